The molecule has 0 spiro atoms. The monoisotopic (exact) mass is 397 g/mol. The molecule has 1 aliphatic heterocycles. The maximum Gasteiger partial charge on any atom is 0.573 e. The summed E-state index contributed by atoms with van der Waals surface area (Å²) >= 11 is 0. The maximum absolute atomic E-state index is 12.6. The van der Waals surface area contributed by atoms with Gasteiger partial charge in [0.1, 0.15) is 11.1 Å². The quantitative estimate of drug-likeness (QED) is 0.823. The van der Waals surface area contributed by atoms with Gasteiger partial charge in [0.05, 0.1) is 0 Å². The highest BCUT2D eigenvalue weighted by atomic mass is 19.4. The van der Waals surface area contributed by atoms with E-state index in [-0.39, 0.29) is 23.4 Å². The summed E-state index contributed by atoms with van der Waals surface area (Å²) in [6.07, 6.45) is -3.06. The number of anilines is 1. The van der Waals surface area contributed by atoms with E-state index in [4.69, 9.17) is 4.74 Å². The first kappa shape index (κ1) is 20.0. The van der Waals surface area contributed by atoms with Crippen LogP contribution in [0.15, 0.2) is 30.5 Å². The van der Waals surface area contributed by atoms with Crippen molar-refractivity contribution in [1.82, 2.24) is 9.88 Å². The maximum atomic E-state index is 12.6. The average molecular weight is 397 g/mol. The van der Waals surface area contributed by atoms with E-state index in [1.807, 2.05) is 0 Å². The lowest BCUT2D eigenvalue weighted by molar-refractivity contribution is -0.274. The van der Waals surface area contributed by atoms with Gasteiger partial charge in [0.15, 0.2) is 5.75 Å². The number of pyridine rings is 1. The summed E-state index contributed by atoms with van der Waals surface area (Å²) < 4.78 is 47.3. The zero-order valence-electron chi connectivity index (χ0n) is 15.8. The summed E-state index contributed by atoms with van der Waals surface area (Å²) in [6.45, 7) is 6.40. The predicted octanol–water partition coefficient (Wildman–Crippen LogP) is 4.55. The van der Waals surface area contributed by atoms with Gasteiger partial charge in [-0.05, 0) is 51.5 Å². The molecule has 1 saturated heterocycles. The Morgan fingerprint density at radius 2 is 2.00 bits per heavy atom. The van der Waals surface area contributed by atoms with Gasteiger partial charge in [-0.15, -0.1) is 13.2 Å². The van der Waals surface area contributed by atoms with Crippen LogP contribution in [-0.2, 0) is 4.74 Å². The van der Waals surface area contributed by atoms with Crippen LogP contribution in [0.1, 0.15) is 27.2 Å². The molecule has 3 rings (SSSR count). The number of likely N-dealkylation sites (tertiary alicyclic amines) is 1. The number of nitrogens with zero attached hydrogens (tertiary/aromatic N) is 2. The zero-order valence-corrected chi connectivity index (χ0v) is 15.8. The van der Waals surface area contributed by atoms with Gasteiger partial charge in [0.2, 0.25) is 0 Å². The molecule has 28 heavy (non-hydrogen) atoms. The molecular weight excluding hydrogens is 375 g/mol. The first-order valence-corrected chi connectivity index (χ1v) is 8.90. The van der Waals surface area contributed by atoms with Crippen LogP contribution in [0.25, 0.3) is 10.9 Å². The molecule has 9 heteroatoms. The number of fused-ring (bicyclic) bond motifs is 1. The van der Waals surface area contributed by atoms with Crippen molar-refractivity contribution in [1.29, 1.82) is 0 Å². The fourth-order valence-corrected chi connectivity index (χ4v) is 3.07. The second kappa shape index (κ2) is 7.37. The van der Waals surface area contributed by atoms with Crippen LogP contribution >= 0.6 is 0 Å². The summed E-state index contributed by atoms with van der Waals surface area (Å²) in [5.74, 6) is -0.351. The minimum absolute atomic E-state index is 0.0506. The molecule has 1 aliphatic rings. The van der Waals surface area contributed by atoms with E-state index < -0.39 is 12.0 Å². The third kappa shape index (κ3) is 4.96. The second-order valence-corrected chi connectivity index (χ2v) is 7.61. The number of nitrogens with one attached hydrogen (secondary N) is 1. The molecular formula is C19H22F3N3O3. The Kier molecular flexibility index (Phi) is 5.27. The minimum atomic E-state index is -4.79. The van der Waals surface area contributed by atoms with Crippen LogP contribution < -0.4 is 10.1 Å². The van der Waals surface area contributed by atoms with Gasteiger partial charge in [-0.1, -0.05) is 0 Å². The molecule has 1 atom stereocenters. The zero-order chi connectivity index (χ0) is 20.5. The van der Waals surface area contributed by atoms with Crippen LogP contribution in [-0.4, -0.2) is 47.1 Å². The summed E-state index contributed by atoms with van der Waals surface area (Å²) in [5, 5.41) is 3.81. The number of amides is 1. The second-order valence-electron chi connectivity index (χ2n) is 7.61. The van der Waals surface area contributed by atoms with Gasteiger partial charge in [-0.3, -0.25) is 4.98 Å². The molecule has 1 aromatic heterocycles. The highest BCUT2D eigenvalue weighted by Gasteiger charge is 2.33. The largest absolute Gasteiger partial charge is 0.573 e. The van der Waals surface area contributed by atoms with E-state index in [1.165, 1.54) is 18.3 Å². The molecule has 0 aliphatic carbocycles. The van der Waals surface area contributed by atoms with Crippen molar-refractivity contribution in [2.24, 2.45) is 0 Å². The van der Waals surface area contributed by atoms with Crippen LogP contribution in [0, 0.1) is 0 Å². The molecule has 0 radical (unpaired) electrons. The first-order chi connectivity index (χ1) is 13.0. The highest BCUT2D eigenvalue weighted by molar-refractivity contribution is 5.95. The Bertz CT molecular complexity index is 865. The number of ether oxygens (including phenoxy) is 2. The fourth-order valence-electron chi connectivity index (χ4n) is 3.07. The van der Waals surface area contributed by atoms with Gasteiger partial charge in [-0.25, -0.2) is 4.79 Å². The Morgan fingerprint density at radius 1 is 1.25 bits per heavy atom. The lowest BCUT2D eigenvalue weighted by Crippen LogP contribution is -2.36. The fraction of sp³-hybridized carbons (Fsp3) is 0.474. The molecule has 0 unspecified atom stereocenters. The van der Waals surface area contributed by atoms with Crippen molar-refractivity contribution in [3.63, 3.8) is 0 Å². The van der Waals surface area contributed by atoms with Crippen LogP contribution in [0.5, 0.6) is 5.75 Å². The van der Waals surface area contributed by atoms with Crippen LogP contribution in [0.2, 0.25) is 0 Å². The average Bonchev–Trinajstić information content (AvgIpc) is 3.03. The van der Waals surface area contributed by atoms with Gasteiger partial charge in [0.25, 0.3) is 0 Å². The standard InChI is InChI=1S/C19H22F3N3O3/c1-18(2,3)28-17(26)25-10-8-12(11-25)24-14-6-7-15(27-19(20,21)22)16-13(14)5-4-9-23-16/h4-7,9,12,24H,8,10-11H2,1-3H3/t12-/m1/s1. The number of alkyl halides is 3. The van der Waals surface area contributed by atoms with E-state index in [9.17, 15) is 18.0 Å². The Balaban J connectivity index is 1.75. The normalized spacial score (nSPS) is 17.6. The van der Waals surface area contributed by atoms with E-state index in [0.717, 1.165) is 0 Å². The van der Waals surface area contributed by atoms with Gasteiger partial charge >= 0.3 is 12.5 Å². The number of halogens is 3. The lowest BCUT2D eigenvalue weighted by Gasteiger charge is -2.24. The van der Waals surface area contributed by atoms with Crippen molar-refractivity contribution in [2.75, 3.05) is 18.4 Å². The molecule has 2 aromatic rings. The Morgan fingerprint density at radius 3 is 2.68 bits per heavy atom. The number of rotatable bonds is 3. The van der Waals surface area contributed by atoms with E-state index in [0.29, 0.717) is 30.6 Å². The number of benzene rings is 1. The third-order valence-corrected chi connectivity index (χ3v) is 4.16. The predicted molar refractivity (Wildman–Crippen MR) is 98.3 cm³/mol. The molecule has 1 N–H and O–H groups in total. The minimum Gasteiger partial charge on any atom is -0.444 e. The number of aromatic nitrogens is 1. The third-order valence-electron chi connectivity index (χ3n) is 4.16. The molecule has 0 bridgehead atoms. The molecule has 152 valence electrons. The van der Waals surface area contributed by atoms with Crippen molar-refractivity contribution in [2.45, 2.75) is 45.2 Å². The molecule has 6 nitrogen and oxygen atoms in total. The smallest absolute Gasteiger partial charge is 0.444 e. The van der Waals surface area contributed by atoms with Crippen molar-refractivity contribution in [3.05, 3.63) is 30.5 Å². The molecule has 1 aromatic carbocycles. The Labute approximate surface area is 160 Å². The lowest BCUT2D eigenvalue weighted by atomic mass is 10.1. The topological polar surface area (TPSA) is 63.7 Å². The van der Waals surface area contributed by atoms with E-state index >= 15 is 0 Å². The van der Waals surface area contributed by atoms with E-state index in [1.54, 1.807) is 37.8 Å². The number of hydrogen-bond acceptors (Lipinski definition) is 5. The highest BCUT2D eigenvalue weighted by Crippen LogP contribution is 2.34. The summed E-state index contributed by atoms with van der Waals surface area (Å²) in [4.78, 5) is 17.8. The van der Waals surface area contributed by atoms with Gasteiger partial charge in [-0.2, -0.15) is 0 Å². The SMILES string of the molecule is CC(C)(C)OC(=O)N1CC[C@@H](Nc2ccc(OC(F)(F)F)c3ncccc23)C1. The van der Waals surface area contributed by atoms with Crippen LogP contribution in [0.3, 0.4) is 0 Å². The van der Waals surface area contributed by atoms with Gasteiger partial charge < -0.3 is 19.7 Å². The van der Waals surface area contributed by atoms with E-state index in [2.05, 4.69) is 15.0 Å². The summed E-state index contributed by atoms with van der Waals surface area (Å²) in [6, 6.07) is 6.04. The number of carbonyl (C=O) groups is 1. The van der Waals surface area contributed by atoms with Crippen molar-refractivity contribution >= 4 is 22.7 Å². The molecule has 0 saturated carbocycles. The molecule has 1 fully saturated rings. The summed E-state index contributed by atoms with van der Waals surface area (Å²) in [5.41, 5.74) is 0.180. The molecule has 2 heterocycles. The number of carbonyl (C=O) groups excluding carboxylic acids is 1. The number of hydrogen-bond donors (Lipinski definition) is 1. The van der Waals surface area contributed by atoms with Crippen LogP contribution in [0.4, 0.5) is 23.7 Å². The first-order valence-electron chi connectivity index (χ1n) is 8.90. The molecule has 1 amide bonds. The summed E-state index contributed by atoms with van der Waals surface area (Å²) in [7, 11) is 0. The Hall–Kier alpha value is -2.71. The van der Waals surface area contributed by atoms with Crippen molar-refractivity contribution < 1.29 is 27.4 Å². The van der Waals surface area contributed by atoms with Crippen molar-refractivity contribution in [3.8, 4) is 5.75 Å². The van der Waals surface area contributed by atoms with Gasteiger partial charge in [0, 0.05) is 36.4 Å².